The Bertz CT molecular complexity index is 818. The van der Waals surface area contributed by atoms with Crippen LogP contribution in [0.25, 0.3) is 10.9 Å². The van der Waals surface area contributed by atoms with Crippen LogP contribution >= 0.6 is 11.6 Å². The highest BCUT2D eigenvalue weighted by molar-refractivity contribution is 6.30. The van der Waals surface area contributed by atoms with Crippen LogP contribution in [0.1, 0.15) is 19.4 Å². The summed E-state index contributed by atoms with van der Waals surface area (Å²) in [6, 6.07) is 15.3. The van der Waals surface area contributed by atoms with Crippen LogP contribution in [0.15, 0.2) is 54.7 Å². The first-order chi connectivity index (χ1) is 10.5. The molecule has 0 aliphatic carbocycles. The van der Waals surface area contributed by atoms with Gasteiger partial charge in [0.2, 0.25) is 5.91 Å². The first kappa shape index (κ1) is 14.7. The van der Waals surface area contributed by atoms with Gasteiger partial charge in [-0.3, -0.25) is 4.79 Å². The van der Waals surface area contributed by atoms with Crippen LogP contribution in [0.4, 0.5) is 5.69 Å². The average Bonchev–Trinajstić information content (AvgIpc) is 2.91. The zero-order chi connectivity index (χ0) is 15.7. The summed E-state index contributed by atoms with van der Waals surface area (Å²) in [5, 5.41) is 4.68. The van der Waals surface area contributed by atoms with E-state index in [0.29, 0.717) is 5.02 Å². The normalized spacial score (nSPS) is 11.6. The van der Waals surface area contributed by atoms with E-state index in [0.717, 1.165) is 22.2 Å². The number of halogens is 1. The van der Waals surface area contributed by atoms with Crippen molar-refractivity contribution >= 4 is 34.1 Å². The monoisotopic (exact) mass is 312 g/mol. The van der Waals surface area contributed by atoms with Crippen molar-refractivity contribution in [3.63, 3.8) is 0 Å². The molecule has 0 unspecified atom stereocenters. The maximum absolute atomic E-state index is 12.7. The van der Waals surface area contributed by atoms with E-state index < -0.39 is 5.41 Å². The van der Waals surface area contributed by atoms with Crippen molar-refractivity contribution in [3.05, 3.63) is 65.3 Å². The number of anilines is 1. The van der Waals surface area contributed by atoms with Gasteiger partial charge in [-0.05, 0) is 37.6 Å². The molecule has 3 aromatic rings. The van der Waals surface area contributed by atoms with E-state index in [9.17, 15) is 4.79 Å². The Labute approximate surface area is 134 Å². The number of amides is 1. The molecule has 0 radical (unpaired) electrons. The Morgan fingerprint density at radius 2 is 1.77 bits per heavy atom. The summed E-state index contributed by atoms with van der Waals surface area (Å²) < 4.78 is 0. The number of hydrogen-bond donors (Lipinski definition) is 2. The van der Waals surface area contributed by atoms with Crippen LogP contribution in [-0.2, 0) is 10.2 Å². The maximum atomic E-state index is 12.7. The summed E-state index contributed by atoms with van der Waals surface area (Å²) in [5.41, 5.74) is 2.07. The Morgan fingerprint density at radius 3 is 2.50 bits per heavy atom. The first-order valence-corrected chi connectivity index (χ1v) is 7.50. The molecule has 0 aliphatic rings. The molecule has 2 N–H and O–H groups in total. The molecule has 2 aromatic carbocycles. The minimum Gasteiger partial charge on any atom is -0.359 e. The summed E-state index contributed by atoms with van der Waals surface area (Å²) in [6.07, 6.45) is 1.82. The number of aromatic nitrogens is 1. The molecule has 0 atom stereocenters. The molecular formula is C18H17ClN2O. The lowest BCUT2D eigenvalue weighted by Gasteiger charge is -2.24. The predicted molar refractivity (Wildman–Crippen MR) is 91.4 cm³/mol. The van der Waals surface area contributed by atoms with E-state index in [1.54, 1.807) is 12.1 Å². The number of para-hydroxylation sites is 1. The SMILES string of the molecule is CC(C)(C(=O)Nc1c[nH]c2ccccc12)c1ccc(Cl)cc1. The number of nitrogens with one attached hydrogen (secondary N) is 2. The summed E-state index contributed by atoms with van der Waals surface area (Å²) in [6.45, 7) is 3.81. The molecule has 22 heavy (non-hydrogen) atoms. The molecule has 3 nitrogen and oxygen atoms in total. The number of carbonyl (C=O) groups is 1. The Kier molecular flexibility index (Phi) is 3.67. The fraction of sp³-hybridized carbons (Fsp3) is 0.167. The molecule has 0 saturated carbocycles. The number of benzene rings is 2. The highest BCUT2D eigenvalue weighted by atomic mass is 35.5. The van der Waals surface area contributed by atoms with Crippen LogP contribution in [0.3, 0.4) is 0 Å². The Hall–Kier alpha value is -2.26. The molecule has 4 heteroatoms. The van der Waals surface area contributed by atoms with Gasteiger partial charge in [0.15, 0.2) is 0 Å². The summed E-state index contributed by atoms with van der Waals surface area (Å²) in [4.78, 5) is 15.9. The number of carbonyl (C=O) groups excluding carboxylic acids is 1. The lowest BCUT2D eigenvalue weighted by molar-refractivity contribution is -0.120. The Morgan fingerprint density at radius 1 is 1.09 bits per heavy atom. The number of hydrogen-bond acceptors (Lipinski definition) is 1. The molecule has 0 aliphatic heterocycles. The third-order valence-corrected chi connectivity index (χ3v) is 4.22. The molecule has 0 spiro atoms. The van der Waals surface area contributed by atoms with Crippen LogP contribution in [-0.4, -0.2) is 10.9 Å². The maximum Gasteiger partial charge on any atom is 0.234 e. The van der Waals surface area contributed by atoms with Crippen molar-refractivity contribution in [2.75, 3.05) is 5.32 Å². The number of fused-ring (bicyclic) bond motifs is 1. The van der Waals surface area contributed by atoms with E-state index in [-0.39, 0.29) is 5.91 Å². The third-order valence-electron chi connectivity index (χ3n) is 3.97. The van der Waals surface area contributed by atoms with E-state index in [1.807, 2.05) is 56.4 Å². The summed E-state index contributed by atoms with van der Waals surface area (Å²) in [5.74, 6) is -0.0559. The predicted octanol–water partition coefficient (Wildman–Crippen LogP) is 4.74. The smallest absolute Gasteiger partial charge is 0.234 e. The second kappa shape index (κ2) is 5.50. The highest BCUT2D eigenvalue weighted by Gasteiger charge is 2.30. The molecule has 0 saturated heterocycles. The van der Waals surface area contributed by atoms with Crippen molar-refractivity contribution in [1.29, 1.82) is 0 Å². The van der Waals surface area contributed by atoms with Gasteiger partial charge in [-0.15, -0.1) is 0 Å². The van der Waals surface area contributed by atoms with Gasteiger partial charge in [0, 0.05) is 22.1 Å². The van der Waals surface area contributed by atoms with Crippen molar-refractivity contribution in [2.45, 2.75) is 19.3 Å². The number of rotatable bonds is 3. The Balaban J connectivity index is 1.88. The van der Waals surface area contributed by atoms with Gasteiger partial charge in [0.05, 0.1) is 11.1 Å². The van der Waals surface area contributed by atoms with Crippen LogP contribution < -0.4 is 5.32 Å². The molecule has 0 fully saturated rings. The lowest BCUT2D eigenvalue weighted by atomic mass is 9.83. The van der Waals surface area contributed by atoms with Crippen LogP contribution in [0, 0.1) is 0 Å². The first-order valence-electron chi connectivity index (χ1n) is 7.12. The van der Waals surface area contributed by atoms with E-state index >= 15 is 0 Å². The second-order valence-corrected chi connectivity index (χ2v) is 6.27. The molecule has 3 rings (SSSR count). The van der Waals surface area contributed by atoms with Gasteiger partial charge in [0.1, 0.15) is 0 Å². The standard InChI is InChI=1S/C18H17ClN2O/c1-18(2,12-7-9-13(19)10-8-12)17(22)21-16-11-20-15-6-4-3-5-14(15)16/h3-11,20H,1-2H3,(H,21,22). The van der Waals surface area contributed by atoms with E-state index in [4.69, 9.17) is 11.6 Å². The summed E-state index contributed by atoms with van der Waals surface area (Å²) in [7, 11) is 0. The van der Waals surface area contributed by atoms with Crippen molar-refractivity contribution in [2.24, 2.45) is 0 Å². The largest absolute Gasteiger partial charge is 0.359 e. The molecule has 112 valence electrons. The van der Waals surface area contributed by atoms with Gasteiger partial charge in [-0.2, -0.15) is 0 Å². The van der Waals surface area contributed by atoms with Crippen molar-refractivity contribution < 1.29 is 4.79 Å². The van der Waals surface area contributed by atoms with Crippen molar-refractivity contribution in [1.82, 2.24) is 4.98 Å². The van der Waals surface area contributed by atoms with Crippen LogP contribution in [0.2, 0.25) is 5.02 Å². The quantitative estimate of drug-likeness (QED) is 0.721. The molecule has 1 heterocycles. The van der Waals surface area contributed by atoms with Gasteiger partial charge < -0.3 is 10.3 Å². The highest BCUT2D eigenvalue weighted by Crippen LogP contribution is 2.28. The second-order valence-electron chi connectivity index (χ2n) is 5.83. The number of H-pyrrole nitrogens is 1. The van der Waals surface area contributed by atoms with Gasteiger partial charge in [-0.1, -0.05) is 41.9 Å². The lowest BCUT2D eigenvalue weighted by Crippen LogP contribution is -2.34. The minimum absolute atomic E-state index is 0.0559. The molecule has 1 amide bonds. The van der Waals surface area contributed by atoms with Gasteiger partial charge in [0.25, 0.3) is 0 Å². The summed E-state index contributed by atoms with van der Waals surface area (Å²) >= 11 is 5.92. The van der Waals surface area contributed by atoms with Crippen molar-refractivity contribution in [3.8, 4) is 0 Å². The average molecular weight is 313 g/mol. The van der Waals surface area contributed by atoms with Gasteiger partial charge in [-0.25, -0.2) is 0 Å². The molecular weight excluding hydrogens is 296 g/mol. The fourth-order valence-electron chi connectivity index (χ4n) is 2.45. The molecule has 1 aromatic heterocycles. The number of aromatic amines is 1. The molecule has 0 bridgehead atoms. The van der Waals surface area contributed by atoms with E-state index in [1.165, 1.54) is 0 Å². The minimum atomic E-state index is -0.650. The topological polar surface area (TPSA) is 44.9 Å². The zero-order valence-corrected chi connectivity index (χ0v) is 13.2. The van der Waals surface area contributed by atoms with Gasteiger partial charge >= 0.3 is 0 Å². The fourth-order valence-corrected chi connectivity index (χ4v) is 2.58. The van der Waals surface area contributed by atoms with E-state index in [2.05, 4.69) is 10.3 Å². The zero-order valence-electron chi connectivity index (χ0n) is 12.5. The third kappa shape index (κ3) is 2.60. The van der Waals surface area contributed by atoms with Crippen LogP contribution in [0.5, 0.6) is 0 Å².